The maximum absolute atomic E-state index is 12.8. The molecule has 0 aliphatic heterocycles. The lowest BCUT2D eigenvalue weighted by atomic mass is 9.91. The molecule has 166 valence electrons. The third kappa shape index (κ3) is 4.67. The van der Waals surface area contributed by atoms with Gasteiger partial charge in [-0.05, 0) is 49.9 Å². The van der Waals surface area contributed by atoms with Gasteiger partial charge in [0.05, 0.1) is 29.2 Å². The molecule has 1 aliphatic rings. The number of amides is 1. The molecule has 11 heteroatoms. The molecular formula is C21H19F3N6O2. The van der Waals surface area contributed by atoms with Crippen molar-refractivity contribution in [1.82, 2.24) is 20.2 Å². The Bertz CT molecular complexity index is 1130. The molecule has 1 fully saturated rings. The molecule has 32 heavy (non-hydrogen) atoms. The third-order valence-corrected chi connectivity index (χ3v) is 5.27. The molecule has 0 aromatic carbocycles. The number of hydrogen-bond donors (Lipinski definition) is 3. The molecule has 3 aromatic heterocycles. The third-order valence-electron chi connectivity index (χ3n) is 5.27. The largest absolute Gasteiger partial charge is 0.417 e. The van der Waals surface area contributed by atoms with Crippen LogP contribution in [0.4, 0.5) is 30.5 Å². The first-order valence-electron chi connectivity index (χ1n) is 9.76. The van der Waals surface area contributed by atoms with Crippen molar-refractivity contribution in [1.29, 1.82) is 0 Å². The van der Waals surface area contributed by atoms with E-state index in [-0.39, 0.29) is 23.1 Å². The van der Waals surface area contributed by atoms with E-state index in [1.807, 2.05) is 0 Å². The van der Waals surface area contributed by atoms with Crippen LogP contribution in [0.2, 0.25) is 0 Å². The zero-order chi connectivity index (χ0) is 22.9. The number of rotatable bonds is 6. The summed E-state index contributed by atoms with van der Waals surface area (Å²) >= 11 is 0. The van der Waals surface area contributed by atoms with Crippen LogP contribution in [-0.2, 0) is 11.8 Å². The highest BCUT2D eigenvalue weighted by atomic mass is 19.4. The van der Waals surface area contributed by atoms with Crippen LogP contribution < -0.4 is 10.6 Å². The fourth-order valence-electron chi connectivity index (χ4n) is 3.29. The summed E-state index contributed by atoms with van der Waals surface area (Å²) < 4.78 is 38.0. The van der Waals surface area contributed by atoms with Crippen LogP contribution in [-0.4, -0.2) is 31.2 Å². The van der Waals surface area contributed by atoms with Crippen LogP contribution in [0.5, 0.6) is 0 Å². The van der Waals surface area contributed by atoms with Crippen molar-refractivity contribution >= 4 is 23.2 Å². The second-order valence-electron chi connectivity index (χ2n) is 7.68. The van der Waals surface area contributed by atoms with Gasteiger partial charge in [-0.1, -0.05) is 0 Å². The van der Waals surface area contributed by atoms with Crippen molar-refractivity contribution in [3.05, 3.63) is 65.7 Å². The lowest BCUT2D eigenvalue weighted by molar-refractivity contribution is -0.137. The predicted octanol–water partition coefficient (Wildman–Crippen LogP) is 3.90. The molecule has 1 saturated carbocycles. The summed E-state index contributed by atoms with van der Waals surface area (Å²) in [6, 6.07) is 4.98. The monoisotopic (exact) mass is 444 g/mol. The molecule has 1 unspecified atom stereocenters. The summed E-state index contributed by atoms with van der Waals surface area (Å²) in [5.74, 6) is -0.0147. The van der Waals surface area contributed by atoms with Crippen molar-refractivity contribution in [2.24, 2.45) is 5.92 Å². The minimum absolute atomic E-state index is 0.0929. The Hall–Kier alpha value is -3.60. The quantitative estimate of drug-likeness (QED) is 0.529. The van der Waals surface area contributed by atoms with E-state index in [1.165, 1.54) is 36.8 Å². The maximum Gasteiger partial charge on any atom is 0.417 e. The van der Waals surface area contributed by atoms with Gasteiger partial charge in [0.25, 0.3) is 5.91 Å². The second kappa shape index (κ2) is 8.15. The molecule has 3 heterocycles. The van der Waals surface area contributed by atoms with Crippen LogP contribution in [0.1, 0.15) is 41.3 Å². The number of alkyl halides is 3. The molecule has 3 N–H and O–H groups in total. The number of carbonyl (C=O) groups excluding carboxylic acids is 1. The first kappa shape index (κ1) is 21.6. The van der Waals surface area contributed by atoms with Crippen molar-refractivity contribution in [3.63, 3.8) is 0 Å². The maximum atomic E-state index is 12.8. The SMILES string of the molecule is CC(O)(c1cnncc1NC(=O)c1ccnc(Nc2ccc(C(F)(F)F)cn2)c1)C1CC1. The standard InChI is InChI=1S/C21H19F3N6O2/c1-20(32,13-2-3-13)15-10-27-28-11-16(15)29-19(31)12-6-7-25-18(8-12)30-17-5-4-14(9-26-17)21(22,23)24/h4-11,13,32H,2-3H2,1H3,(H,25,26,30)(H,27,29,31). The number of anilines is 3. The zero-order valence-corrected chi connectivity index (χ0v) is 16.9. The van der Waals surface area contributed by atoms with Gasteiger partial charge >= 0.3 is 6.18 Å². The molecule has 3 aromatic rings. The Balaban J connectivity index is 1.50. The van der Waals surface area contributed by atoms with Crippen LogP contribution in [0.15, 0.2) is 49.1 Å². The van der Waals surface area contributed by atoms with E-state index >= 15 is 0 Å². The highest BCUT2D eigenvalue weighted by Crippen LogP contribution is 2.47. The van der Waals surface area contributed by atoms with Crippen molar-refractivity contribution < 1.29 is 23.1 Å². The van der Waals surface area contributed by atoms with Gasteiger partial charge in [-0.2, -0.15) is 23.4 Å². The number of carbonyl (C=O) groups is 1. The number of aliphatic hydroxyl groups is 1. The highest BCUT2D eigenvalue weighted by molar-refractivity contribution is 6.05. The normalized spacial score (nSPS) is 15.7. The summed E-state index contributed by atoms with van der Waals surface area (Å²) in [4.78, 5) is 20.6. The number of hydrogen-bond acceptors (Lipinski definition) is 7. The van der Waals surface area contributed by atoms with E-state index in [4.69, 9.17) is 0 Å². The minimum Gasteiger partial charge on any atom is -0.385 e. The molecule has 0 spiro atoms. The van der Waals surface area contributed by atoms with E-state index < -0.39 is 23.2 Å². The van der Waals surface area contributed by atoms with Gasteiger partial charge in [0, 0.05) is 23.5 Å². The molecular weight excluding hydrogens is 425 g/mol. The fourth-order valence-corrected chi connectivity index (χ4v) is 3.29. The van der Waals surface area contributed by atoms with Crippen molar-refractivity contribution in [2.45, 2.75) is 31.5 Å². The zero-order valence-electron chi connectivity index (χ0n) is 16.9. The minimum atomic E-state index is -4.48. The van der Waals surface area contributed by atoms with Gasteiger partial charge in [0.1, 0.15) is 11.6 Å². The van der Waals surface area contributed by atoms with E-state index in [0.717, 1.165) is 18.9 Å². The smallest absolute Gasteiger partial charge is 0.385 e. The summed E-state index contributed by atoms with van der Waals surface area (Å²) in [5.41, 5.74) is -0.948. The fraction of sp³-hybridized carbons (Fsp3) is 0.286. The second-order valence-corrected chi connectivity index (χ2v) is 7.68. The molecule has 1 atom stereocenters. The van der Waals surface area contributed by atoms with Gasteiger partial charge in [-0.25, -0.2) is 9.97 Å². The van der Waals surface area contributed by atoms with Crippen LogP contribution in [0, 0.1) is 5.92 Å². The Kier molecular flexibility index (Phi) is 5.51. The molecule has 0 saturated heterocycles. The Morgan fingerprint density at radius 3 is 2.47 bits per heavy atom. The summed E-state index contributed by atoms with van der Waals surface area (Å²) in [6.45, 7) is 1.68. The number of halogens is 3. The predicted molar refractivity (Wildman–Crippen MR) is 109 cm³/mol. The van der Waals surface area contributed by atoms with Gasteiger partial charge in [-0.3, -0.25) is 4.79 Å². The lowest BCUT2D eigenvalue weighted by Crippen LogP contribution is -2.27. The van der Waals surface area contributed by atoms with Crippen LogP contribution in [0.3, 0.4) is 0 Å². The number of aromatic nitrogens is 4. The molecule has 0 bridgehead atoms. The number of pyridine rings is 2. The first-order chi connectivity index (χ1) is 15.1. The van der Waals surface area contributed by atoms with Crippen molar-refractivity contribution in [2.75, 3.05) is 10.6 Å². The molecule has 0 radical (unpaired) electrons. The Morgan fingerprint density at radius 1 is 1.06 bits per heavy atom. The van der Waals surface area contributed by atoms with Gasteiger partial charge < -0.3 is 15.7 Å². The Morgan fingerprint density at radius 2 is 1.81 bits per heavy atom. The van der Waals surface area contributed by atoms with Crippen LogP contribution >= 0.6 is 0 Å². The summed E-state index contributed by atoms with van der Waals surface area (Å²) in [7, 11) is 0. The van der Waals surface area contributed by atoms with E-state index in [0.29, 0.717) is 17.4 Å². The van der Waals surface area contributed by atoms with Crippen LogP contribution in [0.25, 0.3) is 0 Å². The molecule has 1 aliphatic carbocycles. The number of nitrogens with zero attached hydrogens (tertiary/aromatic N) is 4. The topological polar surface area (TPSA) is 113 Å². The summed E-state index contributed by atoms with van der Waals surface area (Å²) in [5, 5.41) is 24.0. The molecule has 8 nitrogen and oxygen atoms in total. The average molecular weight is 444 g/mol. The molecule has 4 rings (SSSR count). The van der Waals surface area contributed by atoms with E-state index in [9.17, 15) is 23.1 Å². The molecule has 1 amide bonds. The highest BCUT2D eigenvalue weighted by Gasteiger charge is 2.43. The lowest BCUT2D eigenvalue weighted by Gasteiger charge is -2.25. The van der Waals surface area contributed by atoms with Gasteiger partial charge in [-0.15, -0.1) is 0 Å². The number of nitrogens with one attached hydrogen (secondary N) is 2. The van der Waals surface area contributed by atoms with Gasteiger partial charge in [0.15, 0.2) is 0 Å². The van der Waals surface area contributed by atoms with E-state index in [2.05, 4.69) is 30.8 Å². The first-order valence-corrected chi connectivity index (χ1v) is 9.76. The van der Waals surface area contributed by atoms with Gasteiger partial charge in [0.2, 0.25) is 0 Å². The van der Waals surface area contributed by atoms with E-state index in [1.54, 1.807) is 6.92 Å². The Labute approximate surface area is 180 Å². The van der Waals surface area contributed by atoms with Crippen molar-refractivity contribution in [3.8, 4) is 0 Å². The summed E-state index contributed by atoms with van der Waals surface area (Å²) in [6.07, 6.45) is 2.20. The average Bonchev–Trinajstić information content (AvgIpc) is 3.60.